The Morgan fingerprint density at radius 1 is 1.11 bits per heavy atom. The van der Waals surface area contributed by atoms with Crippen molar-refractivity contribution in [1.29, 1.82) is 0 Å². The van der Waals surface area contributed by atoms with Crippen LogP contribution in [0.15, 0.2) is 18.3 Å². The number of alkyl halides is 3. The molecule has 0 aromatic carbocycles. The number of hydrogen-bond acceptors (Lipinski definition) is 3. The van der Waals surface area contributed by atoms with Crippen LogP contribution in [-0.2, 0) is 15.5 Å². The van der Waals surface area contributed by atoms with Gasteiger partial charge in [0.2, 0.25) is 0 Å². The van der Waals surface area contributed by atoms with E-state index in [1.54, 1.807) is 27.7 Å². The van der Waals surface area contributed by atoms with Gasteiger partial charge >= 0.3 is 13.3 Å². The van der Waals surface area contributed by atoms with Crippen LogP contribution in [0.3, 0.4) is 0 Å². The largest absolute Gasteiger partial charge is 0.515 e. The van der Waals surface area contributed by atoms with Gasteiger partial charge < -0.3 is 9.31 Å². The predicted molar refractivity (Wildman–Crippen MR) is 65.0 cm³/mol. The van der Waals surface area contributed by atoms with E-state index >= 15 is 0 Å². The quantitative estimate of drug-likeness (QED) is 0.736. The first-order valence-electron chi connectivity index (χ1n) is 5.92. The summed E-state index contributed by atoms with van der Waals surface area (Å²) in [5, 5.41) is 0. The number of rotatable bonds is 1. The zero-order valence-corrected chi connectivity index (χ0v) is 11.2. The van der Waals surface area contributed by atoms with Gasteiger partial charge in [0.1, 0.15) is 0 Å². The molecule has 2 heterocycles. The molecule has 0 amide bonds. The van der Waals surface area contributed by atoms with Crippen molar-refractivity contribution in [3.8, 4) is 0 Å². The molecule has 1 saturated heterocycles. The van der Waals surface area contributed by atoms with Crippen LogP contribution in [0.5, 0.6) is 0 Å². The number of pyridine rings is 1. The summed E-state index contributed by atoms with van der Waals surface area (Å²) in [5.41, 5.74) is -2.45. The molecule has 1 fully saturated rings. The van der Waals surface area contributed by atoms with Crippen molar-refractivity contribution < 1.29 is 22.5 Å². The predicted octanol–water partition coefficient (Wildman–Crippen LogP) is 2.40. The fourth-order valence-electron chi connectivity index (χ4n) is 1.80. The van der Waals surface area contributed by atoms with E-state index in [-0.39, 0.29) is 5.59 Å². The van der Waals surface area contributed by atoms with Gasteiger partial charge in [-0.1, -0.05) is 0 Å². The Hall–Kier alpha value is -1.08. The van der Waals surface area contributed by atoms with Crippen molar-refractivity contribution in [2.24, 2.45) is 0 Å². The van der Waals surface area contributed by atoms with Crippen molar-refractivity contribution in [3.05, 3.63) is 23.9 Å². The van der Waals surface area contributed by atoms with Gasteiger partial charge in [0.25, 0.3) is 0 Å². The summed E-state index contributed by atoms with van der Waals surface area (Å²) in [7, 11) is -1.11. The van der Waals surface area contributed by atoms with Gasteiger partial charge in [-0.05, 0) is 39.8 Å². The third kappa shape index (κ3) is 2.49. The molecule has 0 saturated carbocycles. The number of halogens is 3. The molecule has 7 heteroatoms. The van der Waals surface area contributed by atoms with Crippen LogP contribution in [0.2, 0.25) is 0 Å². The van der Waals surface area contributed by atoms with E-state index in [0.29, 0.717) is 0 Å². The SMILES string of the molecule is CC1(C)OB(c2ncccc2C(F)(F)F)OC1(C)C. The van der Waals surface area contributed by atoms with E-state index in [9.17, 15) is 13.2 Å². The van der Waals surface area contributed by atoms with Gasteiger partial charge in [-0.2, -0.15) is 13.2 Å². The summed E-state index contributed by atoms with van der Waals surface area (Å²) < 4.78 is 50.0. The van der Waals surface area contributed by atoms with Crippen molar-refractivity contribution in [3.63, 3.8) is 0 Å². The second-order valence-electron chi connectivity index (χ2n) is 5.52. The van der Waals surface area contributed by atoms with Crippen LogP contribution in [0.1, 0.15) is 33.3 Å². The maximum atomic E-state index is 12.9. The topological polar surface area (TPSA) is 31.4 Å². The van der Waals surface area contributed by atoms with Crippen molar-refractivity contribution in [2.45, 2.75) is 45.1 Å². The zero-order chi connectivity index (χ0) is 14.5. The zero-order valence-electron chi connectivity index (χ0n) is 11.2. The first-order chi connectivity index (χ1) is 8.55. The Morgan fingerprint density at radius 3 is 2.11 bits per heavy atom. The van der Waals surface area contributed by atoms with Crippen molar-refractivity contribution in [1.82, 2.24) is 4.98 Å². The summed E-state index contributed by atoms with van der Waals surface area (Å²) in [6, 6.07) is 2.23. The lowest BCUT2D eigenvalue weighted by Crippen LogP contribution is -2.41. The van der Waals surface area contributed by atoms with E-state index in [4.69, 9.17) is 9.31 Å². The summed E-state index contributed by atoms with van der Waals surface area (Å²) in [6.07, 6.45) is -3.18. The molecular formula is C12H15BF3NO2. The minimum absolute atomic E-state index is 0.228. The highest BCUT2D eigenvalue weighted by Gasteiger charge is 2.54. The minimum Gasteiger partial charge on any atom is -0.398 e. The van der Waals surface area contributed by atoms with Gasteiger partial charge in [-0.15, -0.1) is 0 Å². The molecular weight excluding hydrogens is 258 g/mol. The third-order valence-corrected chi connectivity index (χ3v) is 3.62. The van der Waals surface area contributed by atoms with E-state index in [1.165, 1.54) is 12.3 Å². The first-order valence-corrected chi connectivity index (χ1v) is 5.92. The molecule has 3 nitrogen and oxygen atoms in total. The molecule has 0 aliphatic carbocycles. The van der Waals surface area contributed by atoms with Crippen LogP contribution in [0.4, 0.5) is 13.2 Å². The van der Waals surface area contributed by atoms with Crippen molar-refractivity contribution in [2.75, 3.05) is 0 Å². The summed E-state index contributed by atoms with van der Waals surface area (Å²) in [5.74, 6) is 0. The highest BCUT2D eigenvalue weighted by atomic mass is 19.4. The van der Waals surface area contributed by atoms with Crippen LogP contribution in [-0.4, -0.2) is 23.3 Å². The van der Waals surface area contributed by atoms with Crippen molar-refractivity contribution >= 4 is 12.7 Å². The summed E-state index contributed by atoms with van der Waals surface area (Å²) in [4.78, 5) is 3.79. The molecule has 0 atom stereocenters. The second-order valence-corrected chi connectivity index (χ2v) is 5.52. The molecule has 0 N–H and O–H groups in total. The molecule has 0 spiro atoms. The molecule has 0 unspecified atom stereocenters. The number of aromatic nitrogens is 1. The summed E-state index contributed by atoms with van der Waals surface area (Å²) in [6.45, 7) is 7.12. The molecule has 1 aromatic rings. The Labute approximate surface area is 110 Å². The minimum atomic E-state index is -4.48. The van der Waals surface area contributed by atoms with Gasteiger partial charge in [-0.3, -0.25) is 4.98 Å². The second kappa shape index (κ2) is 4.21. The Bertz CT molecular complexity index is 472. The summed E-state index contributed by atoms with van der Waals surface area (Å²) >= 11 is 0. The highest BCUT2D eigenvalue weighted by Crippen LogP contribution is 2.37. The monoisotopic (exact) mass is 273 g/mol. The molecule has 1 aromatic heterocycles. The maximum absolute atomic E-state index is 12.9. The highest BCUT2D eigenvalue weighted by molar-refractivity contribution is 6.61. The maximum Gasteiger partial charge on any atom is 0.515 e. The number of nitrogens with zero attached hydrogens (tertiary/aromatic N) is 1. The smallest absolute Gasteiger partial charge is 0.398 e. The lowest BCUT2D eigenvalue weighted by molar-refractivity contribution is -0.137. The average molecular weight is 273 g/mol. The van der Waals surface area contributed by atoms with Gasteiger partial charge in [0, 0.05) is 6.20 Å². The van der Waals surface area contributed by atoms with E-state index in [0.717, 1.165) is 6.07 Å². The molecule has 1 aliphatic rings. The van der Waals surface area contributed by atoms with E-state index in [2.05, 4.69) is 4.98 Å². The Morgan fingerprint density at radius 2 is 1.63 bits per heavy atom. The standard InChI is InChI=1S/C12H15BF3NO2/c1-10(2)11(3,4)19-13(18-10)9-8(12(14,15)16)6-5-7-17-9/h5-7H,1-4H3. The molecule has 104 valence electrons. The molecule has 1 aliphatic heterocycles. The van der Waals surface area contributed by atoms with Gasteiger partial charge in [-0.25, -0.2) is 0 Å². The lowest BCUT2D eigenvalue weighted by Gasteiger charge is -2.32. The average Bonchev–Trinajstić information content (AvgIpc) is 2.47. The van der Waals surface area contributed by atoms with Crippen LogP contribution >= 0.6 is 0 Å². The normalized spacial score (nSPS) is 21.7. The molecule has 0 bridgehead atoms. The first kappa shape index (κ1) is 14.3. The Balaban J connectivity index is 2.41. The van der Waals surface area contributed by atoms with Crippen LogP contribution < -0.4 is 5.59 Å². The van der Waals surface area contributed by atoms with Gasteiger partial charge in [0.15, 0.2) is 0 Å². The third-order valence-electron chi connectivity index (χ3n) is 3.62. The van der Waals surface area contributed by atoms with Crippen LogP contribution in [0, 0.1) is 0 Å². The molecule has 19 heavy (non-hydrogen) atoms. The molecule has 0 radical (unpaired) electrons. The fourth-order valence-corrected chi connectivity index (χ4v) is 1.80. The van der Waals surface area contributed by atoms with Gasteiger partial charge in [0.05, 0.1) is 22.4 Å². The Kier molecular flexibility index (Phi) is 3.18. The van der Waals surface area contributed by atoms with E-state index < -0.39 is 30.1 Å². The fraction of sp³-hybridized carbons (Fsp3) is 0.583. The van der Waals surface area contributed by atoms with E-state index in [1.807, 2.05) is 0 Å². The lowest BCUT2D eigenvalue weighted by atomic mass is 9.80. The number of hydrogen-bond donors (Lipinski definition) is 0. The van der Waals surface area contributed by atoms with Crippen LogP contribution in [0.25, 0.3) is 0 Å². The molecule has 2 rings (SSSR count).